The molecule has 5 rings (SSSR count). The molecular weight excluding hydrogens is 731 g/mol. The zero-order valence-electron chi connectivity index (χ0n) is 31.4. The summed E-state index contributed by atoms with van der Waals surface area (Å²) in [6.07, 6.45) is 1.60. The Labute approximate surface area is 335 Å². The molecule has 0 saturated heterocycles. The molecule has 3 N–H and O–H groups in total. The maximum Gasteiger partial charge on any atom is 0.407 e. The fraction of sp³-hybridized carbons (Fsp3) is 0.273. The molecule has 0 unspecified atom stereocenters. The lowest BCUT2D eigenvalue weighted by Gasteiger charge is -2.21. The zero-order chi connectivity index (χ0) is 38.7. The standard InChI is InChI=1S/C43H45N3O8.CH4.H2S/c1-6-25-52-35-22-20-28-13-7-9-17-32(28)38(35)39-33-18-10-8-14-29(33)21-23-36(39)53-27-37(47)46-34(19-12-24-44-42(50)54-43(2,3)4)40(48)45-31-16-11-15-30(26-31)41(49)51-5;;/h6-11,13-18,20-23,26,34H,1,12,19,24-25,27H2,2-5H3,(H,44,50)(H,45,48)(H,46,47);1H4;1H2/t34-;;/m1../s1. The number of fused-ring (bicyclic) bond motifs is 2. The smallest absolute Gasteiger partial charge is 0.407 e. The predicted molar refractivity (Wildman–Crippen MR) is 227 cm³/mol. The average molecular weight is 782 g/mol. The second kappa shape index (κ2) is 20.6. The third-order valence-corrected chi connectivity index (χ3v) is 8.29. The van der Waals surface area contributed by atoms with Crippen LogP contribution in [0.4, 0.5) is 10.5 Å². The van der Waals surface area contributed by atoms with Crippen molar-refractivity contribution in [2.75, 3.05) is 32.2 Å². The Morgan fingerprint density at radius 1 is 0.804 bits per heavy atom. The predicted octanol–water partition coefficient (Wildman–Crippen LogP) is 8.57. The highest BCUT2D eigenvalue weighted by Crippen LogP contribution is 2.45. The van der Waals surface area contributed by atoms with Crippen molar-refractivity contribution in [2.24, 2.45) is 0 Å². The molecule has 5 aromatic rings. The summed E-state index contributed by atoms with van der Waals surface area (Å²) in [6, 6.07) is 28.8. The van der Waals surface area contributed by atoms with Crippen molar-refractivity contribution in [3.63, 3.8) is 0 Å². The minimum atomic E-state index is -1.02. The number of benzene rings is 5. The molecule has 3 amide bonds. The Balaban J connectivity index is 0.00000420. The van der Waals surface area contributed by atoms with E-state index in [2.05, 4.69) is 22.5 Å². The highest BCUT2D eigenvalue weighted by atomic mass is 32.1. The molecule has 0 heterocycles. The lowest BCUT2D eigenvalue weighted by atomic mass is 9.92. The Kier molecular flexibility index (Phi) is 16.3. The number of rotatable bonds is 15. The van der Waals surface area contributed by atoms with E-state index in [1.54, 1.807) is 45.0 Å². The monoisotopic (exact) mass is 781 g/mol. The summed E-state index contributed by atoms with van der Waals surface area (Å²) in [5.41, 5.74) is 1.49. The summed E-state index contributed by atoms with van der Waals surface area (Å²) in [5, 5.41) is 12.1. The number of nitrogens with one attached hydrogen (secondary N) is 3. The van der Waals surface area contributed by atoms with E-state index in [1.807, 2.05) is 72.8 Å². The summed E-state index contributed by atoms with van der Waals surface area (Å²) < 4.78 is 22.5. The molecule has 0 aromatic heterocycles. The molecule has 0 aliphatic heterocycles. The van der Waals surface area contributed by atoms with Crippen molar-refractivity contribution in [3.8, 4) is 22.6 Å². The summed E-state index contributed by atoms with van der Waals surface area (Å²) in [6.45, 7) is 9.18. The minimum Gasteiger partial charge on any atom is -0.489 e. The number of hydrogen-bond acceptors (Lipinski definition) is 8. The van der Waals surface area contributed by atoms with Crippen molar-refractivity contribution in [3.05, 3.63) is 115 Å². The van der Waals surface area contributed by atoms with Crippen molar-refractivity contribution in [2.45, 2.75) is 52.7 Å². The molecule has 0 spiro atoms. The van der Waals surface area contributed by atoms with Crippen molar-refractivity contribution >= 4 is 64.6 Å². The van der Waals surface area contributed by atoms with Gasteiger partial charge >= 0.3 is 12.1 Å². The molecule has 0 radical (unpaired) electrons. The first-order chi connectivity index (χ1) is 26.0. The topological polar surface area (TPSA) is 141 Å². The molecular formula is C44H51N3O8S. The molecule has 0 fully saturated rings. The number of hydrogen-bond donors (Lipinski definition) is 3. The zero-order valence-corrected chi connectivity index (χ0v) is 32.4. The maximum atomic E-state index is 13.6. The van der Waals surface area contributed by atoms with Gasteiger partial charge in [0.15, 0.2) is 6.61 Å². The number of anilines is 1. The van der Waals surface area contributed by atoms with Gasteiger partial charge in [-0.2, -0.15) is 13.5 Å². The van der Waals surface area contributed by atoms with Gasteiger partial charge in [-0.05, 0) is 85.5 Å². The Morgan fingerprint density at radius 3 is 2.00 bits per heavy atom. The van der Waals surface area contributed by atoms with Crippen LogP contribution in [0.1, 0.15) is 51.4 Å². The molecule has 11 nitrogen and oxygen atoms in total. The molecule has 0 aliphatic rings. The fourth-order valence-corrected chi connectivity index (χ4v) is 5.94. The Hall–Kier alpha value is -6.01. The Bertz CT molecular complexity index is 2160. The van der Waals surface area contributed by atoms with E-state index in [9.17, 15) is 19.2 Å². The first-order valence-corrected chi connectivity index (χ1v) is 17.6. The van der Waals surface area contributed by atoms with Crippen LogP contribution >= 0.6 is 13.5 Å². The summed E-state index contributed by atoms with van der Waals surface area (Å²) in [7, 11) is 1.27. The van der Waals surface area contributed by atoms with Crippen molar-refractivity contribution in [1.29, 1.82) is 0 Å². The van der Waals surface area contributed by atoms with E-state index >= 15 is 0 Å². The number of methoxy groups -OCH3 is 1. The van der Waals surface area contributed by atoms with Gasteiger partial charge in [0.1, 0.15) is 29.7 Å². The van der Waals surface area contributed by atoms with Crippen molar-refractivity contribution in [1.82, 2.24) is 10.6 Å². The normalized spacial score (nSPS) is 11.2. The van der Waals surface area contributed by atoms with Crippen LogP contribution in [0.25, 0.3) is 32.7 Å². The number of carbonyl (C=O) groups excluding carboxylic acids is 4. The number of amides is 3. The highest BCUT2D eigenvalue weighted by Gasteiger charge is 2.24. The average Bonchev–Trinajstić information content (AvgIpc) is 3.16. The summed E-state index contributed by atoms with van der Waals surface area (Å²) in [4.78, 5) is 51.5. The molecule has 296 valence electrons. The van der Waals surface area contributed by atoms with Crippen LogP contribution in [0.3, 0.4) is 0 Å². The third-order valence-electron chi connectivity index (χ3n) is 8.29. The summed E-state index contributed by atoms with van der Waals surface area (Å²) >= 11 is 0. The molecule has 0 aliphatic carbocycles. The molecule has 56 heavy (non-hydrogen) atoms. The Morgan fingerprint density at radius 2 is 1.41 bits per heavy atom. The summed E-state index contributed by atoms with van der Waals surface area (Å²) in [5.74, 6) is -0.539. The van der Waals surface area contributed by atoms with Gasteiger partial charge in [-0.15, -0.1) is 0 Å². The van der Waals surface area contributed by atoms with E-state index < -0.39 is 42.1 Å². The van der Waals surface area contributed by atoms with E-state index in [0.29, 0.717) is 30.2 Å². The molecule has 12 heteroatoms. The molecule has 0 saturated carbocycles. The van der Waals surface area contributed by atoms with Gasteiger partial charge in [0.25, 0.3) is 5.91 Å². The van der Waals surface area contributed by atoms with Gasteiger partial charge in [0.05, 0.1) is 12.7 Å². The second-order valence-electron chi connectivity index (χ2n) is 13.5. The van der Waals surface area contributed by atoms with Crippen LogP contribution in [0, 0.1) is 0 Å². The fourth-order valence-electron chi connectivity index (χ4n) is 5.94. The number of alkyl carbamates (subject to hydrolysis) is 1. The molecule has 0 bridgehead atoms. The van der Waals surface area contributed by atoms with Crippen LogP contribution in [0.15, 0.2) is 110 Å². The number of carbonyl (C=O) groups is 4. The molecule has 1 atom stereocenters. The first kappa shape index (κ1) is 44.4. The maximum absolute atomic E-state index is 13.6. The van der Waals surface area contributed by atoms with Crippen LogP contribution < -0.4 is 25.4 Å². The SMILES string of the molecule is C.C=CCOc1ccc2ccccc2c1-c1c(OCC(=O)N[C@H](CCCNC(=O)OC(C)(C)C)C(=O)Nc2cccc(C(=O)OC)c2)ccc2ccccc12.S. The van der Waals surface area contributed by atoms with Gasteiger partial charge in [-0.1, -0.05) is 86.8 Å². The number of esters is 1. The highest BCUT2D eigenvalue weighted by molar-refractivity contribution is 7.59. The lowest BCUT2D eigenvalue weighted by molar-refractivity contribution is -0.128. The largest absolute Gasteiger partial charge is 0.489 e. The van der Waals surface area contributed by atoms with Gasteiger partial charge in [0.2, 0.25) is 5.91 Å². The first-order valence-electron chi connectivity index (χ1n) is 17.6. The van der Waals surface area contributed by atoms with Crippen LogP contribution in [-0.2, 0) is 19.1 Å². The number of ether oxygens (including phenoxy) is 4. The second-order valence-corrected chi connectivity index (χ2v) is 13.5. The van der Waals surface area contributed by atoms with Gasteiger partial charge in [-0.25, -0.2) is 9.59 Å². The third kappa shape index (κ3) is 11.7. The van der Waals surface area contributed by atoms with E-state index in [-0.39, 0.29) is 39.5 Å². The van der Waals surface area contributed by atoms with Gasteiger partial charge in [-0.3, -0.25) is 9.59 Å². The quantitative estimate of drug-likeness (QED) is 0.0545. The van der Waals surface area contributed by atoms with E-state index in [0.717, 1.165) is 32.7 Å². The molecule has 5 aromatic carbocycles. The van der Waals surface area contributed by atoms with Crippen molar-refractivity contribution < 1.29 is 38.1 Å². The minimum absolute atomic E-state index is 0. The van der Waals surface area contributed by atoms with E-state index in [1.165, 1.54) is 13.2 Å². The van der Waals surface area contributed by atoms with Crippen LogP contribution in [0.5, 0.6) is 11.5 Å². The van der Waals surface area contributed by atoms with Crippen LogP contribution in [-0.4, -0.2) is 62.4 Å². The van der Waals surface area contributed by atoms with Gasteiger partial charge in [0, 0.05) is 23.4 Å². The van der Waals surface area contributed by atoms with E-state index in [4.69, 9.17) is 18.9 Å². The lowest BCUT2D eigenvalue weighted by Crippen LogP contribution is -2.46. The van der Waals surface area contributed by atoms with Crippen LogP contribution in [0.2, 0.25) is 0 Å². The van der Waals surface area contributed by atoms with Gasteiger partial charge < -0.3 is 34.9 Å².